The van der Waals surface area contributed by atoms with Crippen molar-refractivity contribution < 1.29 is 19.1 Å². The lowest BCUT2D eigenvalue weighted by atomic mass is 10.0. The Balaban J connectivity index is 1.44. The van der Waals surface area contributed by atoms with Gasteiger partial charge in [0, 0.05) is 24.7 Å². The molecule has 0 saturated carbocycles. The van der Waals surface area contributed by atoms with Crippen molar-refractivity contribution >= 4 is 11.8 Å². The highest BCUT2D eigenvalue weighted by Gasteiger charge is 2.24. The summed E-state index contributed by atoms with van der Waals surface area (Å²) >= 11 is 0. The number of para-hydroxylation sites is 2. The summed E-state index contributed by atoms with van der Waals surface area (Å²) in [5.41, 5.74) is 0.654. The van der Waals surface area contributed by atoms with Crippen molar-refractivity contribution in [2.24, 2.45) is 0 Å². The summed E-state index contributed by atoms with van der Waals surface area (Å²) in [5, 5.41) is 3.04. The second kappa shape index (κ2) is 9.07. The number of benzene rings is 2. The first-order valence-corrected chi connectivity index (χ1v) is 9.07. The summed E-state index contributed by atoms with van der Waals surface area (Å²) in [6, 6.07) is 16.5. The van der Waals surface area contributed by atoms with Gasteiger partial charge in [-0.25, -0.2) is 0 Å². The Labute approximate surface area is 159 Å². The zero-order valence-corrected chi connectivity index (χ0v) is 15.4. The molecule has 1 heterocycles. The third kappa shape index (κ3) is 5.00. The second-order valence-electron chi connectivity index (χ2n) is 6.43. The maximum Gasteiger partial charge on any atom is 0.260 e. The van der Waals surface area contributed by atoms with E-state index >= 15 is 0 Å². The molecule has 6 nitrogen and oxygen atoms in total. The predicted molar refractivity (Wildman–Crippen MR) is 102 cm³/mol. The summed E-state index contributed by atoms with van der Waals surface area (Å²) in [4.78, 5) is 26.4. The number of nitrogens with one attached hydrogen (secondary N) is 1. The molecule has 2 aromatic rings. The van der Waals surface area contributed by atoms with Crippen LogP contribution in [0.3, 0.4) is 0 Å². The van der Waals surface area contributed by atoms with Crippen LogP contribution >= 0.6 is 0 Å². The van der Waals surface area contributed by atoms with Crippen molar-refractivity contribution in [1.82, 2.24) is 10.2 Å². The van der Waals surface area contributed by atoms with Gasteiger partial charge in [-0.15, -0.1) is 0 Å². The third-order valence-corrected chi connectivity index (χ3v) is 4.64. The lowest BCUT2D eigenvalue weighted by Crippen LogP contribution is -2.47. The van der Waals surface area contributed by atoms with Gasteiger partial charge in [-0.1, -0.05) is 30.3 Å². The van der Waals surface area contributed by atoms with E-state index in [4.69, 9.17) is 9.47 Å². The Morgan fingerprint density at radius 1 is 1.00 bits per heavy atom. The SMILES string of the molecule is COc1ccccc1OCC(=O)N1CCC(NC(=O)c2ccccc2)CC1. The van der Waals surface area contributed by atoms with Gasteiger partial charge in [0.1, 0.15) is 0 Å². The van der Waals surface area contributed by atoms with E-state index in [1.54, 1.807) is 36.3 Å². The molecule has 1 saturated heterocycles. The highest BCUT2D eigenvalue weighted by Crippen LogP contribution is 2.25. The van der Waals surface area contributed by atoms with E-state index in [-0.39, 0.29) is 24.5 Å². The molecule has 0 bridgehead atoms. The topological polar surface area (TPSA) is 67.9 Å². The summed E-state index contributed by atoms with van der Waals surface area (Å²) < 4.78 is 10.8. The molecule has 142 valence electrons. The molecule has 2 amide bonds. The average molecular weight is 368 g/mol. The number of ether oxygens (including phenoxy) is 2. The summed E-state index contributed by atoms with van der Waals surface area (Å²) in [7, 11) is 1.57. The number of carbonyl (C=O) groups excluding carboxylic acids is 2. The molecule has 0 aromatic heterocycles. The molecule has 0 unspecified atom stereocenters. The molecule has 0 spiro atoms. The standard InChI is InChI=1S/C21H24N2O4/c1-26-18-9-5-6-10-19(18)27-15-20(24)23-13-11-17(12-14-23)22-21(25)16-7-3-2-4-8-16/h2-10,17H,11-15H2,1H3,(H,22,25). The molecule has 2 aromatic carbocycles. The zero-order chi connectivity index (χ0) is 19.1. The number of amides is 2. The smallest absolute Gasteiger partial charge is 0.260 e. The van der Waals surface area contributed by atoms with E-state index in [0.717, 1.165) is 12.8 Å². The summed E-state index contributed by atoms with van der Waals surface area (Å²) in [6.45, 7) is 1.18. The van der Waals surface area contributed by atoms with Gasteiger partial charge in [0.2, 0.25) is 0 Å². The fraction of sp³-hybridized carbons (Fsp3) is 0.333. The van der Waals surface area contributed by atoms with Crippen LogP contribution in [0.5, 0.6) is 11.5 Å². The molecule has 1 aliphatic heterocycles. The fourth-order valence-corrected chi connectivity index (χ4v) is 3.10. The number of piperidine rings is 1. The van der Waals surface area contributed by atoms with Crippen molar-refractivity contribution in [3.8, 4) is 11.5 Å². The molecule has 3 rings (SSSR count). The minimum atomic E-state index is -0.0696. The van der Waals surface area contributed by atoms with E-state index in [1.807, 2.05) is 30.3 Å². The van der Waals surface area contributed by atoms with Gasteiger partial charge >= 0.3 is 0 Å². The number of likely N-dealkylation sites (tertiary alicyclic amines) is 1. The maximum absolute atomic E-state index is 12.4. The first-order chi connectivity index (χ1) is 13.2. The lowest BCUT2D eigenvalue weighted by molar-refractivity contribution is -0.134. The van der Waals surface area contributed by atoms with Crippen LogP contribution in [0.15, 0.2) is 54.6 Å². The quantitative estimate of drug-likeness (QED) is 0.851. The van der Waals surface area contributed by atoms with E-state index in [1.165, 1.54) is 0 Å². The van der Waals surface area contributed by atoms with Gasteiger partial charge < -0.3 is 19.7 Å². The van der Waals surface area contributed by atoms with Crippen LogP contribution in [0, 0.1) is 0 Å². The molecule has 1 N–H and O–H groups in total. The van der Waals surface area contributed by atoms with Crippen LogP contribution in [0.1, 0.15) is 23.2 Å². The monoisotopic (exact) mass is 368 g/mol. The van der Waals surface area contributed by atoms with Crippen LogP contribution in [0.4, 0.5) is 0 Å². The van der Waals surface area contributed by atoms with Gasteiger partial charge in [-0.2, -0.15) is 0 Å². The van der Waals surface area contributed by atoms with E-state index in [0.29, 0.717) is 30.2 Å². The van der Waals surface area contributed by atoms with Crippen molar-refractivity contribution in [2.75, 3.05) is 26.8 Å². The van der Waals surface area contributed by atoms with Crippen molar-refractivity contribution in [1.29, 1.82) is 0 Å². The maximum atomic E-state index is 12.4. The minimum absolute atomic E-state index is 0.0264. The third-order valence-electron chi connectivity index (χ3n) is 4.64. The Kier molecular flexibility index (Phi) is 6.30. The Bertz CT molecular complexity index is 771. The normalized spacial score (nSPS) is 14.5. The van der Waals surface area contributed by atoms with Gasteiger partial charge in [-0.05, 0) is 37.1 Å². The van der Waals surface area contributed by atoms with Crippen LogP contribution in [0.2, 0.25) is 0 Å². The highest BCUT2D eigenvalue weighted by atomic mass is 16.5. The molecule has 0 radical (unpaired) electrons. The van der Waals surface area contributed by atoms with Crippen LogP contribution in [0.25, 0.3) is 0 Å². The number of hydrogen-bond acceptors (Lipinski definition) is 4. The number of carbonyl (C=O) groups is 2. The van der Waals surface area contributed by atoms with Crippen LogP contribution in [-0.2, 0) is 4.79 Å². The molecule has 6 heteroatoms. The van der Waals surface area contributed by atoms with E-state index < -0.39 is 0 Å². The van der Waals surface area contributed by atoms with E-state index in [2.05, 4.69) is 5.32 Å². The Morgan fingerprint density at radius 3 is 2.30 bits per heavy atom. The zero-order valence-electron chi connectivity index (χ0n) is 15.4. The minimum Gasteiger partial charge on any atom is -0.493 e. The number of methoxy groups -OCH3 is 1. The molecular weight excluding hydrogens is 344 g/mol. The fourth-order valence-electron chi connectivity index (χ4n) is 3.10. The number of hydrogen-bond donors (Lipinski definition) is 1. The van der Waals surface area contributed by atoms with Crippen LogP contribution in [-0.4, -0.2) is 49.6 Å². The molecule has 1 aliphatic rings. The molecule has 0 atom stereocenters. The predicted octanol–water partition coefficient (Wildman–Crippen LogP) is 2.50. The van der Waals surface area contributed by atoms with Gasteiger partial charge in [0.15, 0.2) is 18.1 Å². The number of nitrogens with zero attached hydrogens (tertiary/aromatic N) is 1. The second-order valence-corrected chi connectivity index (χ2v) is 6.43. The van der Waals surface area contributed by atoms with Crippen molar-refractivity contribution in [3.05, 3.63) is 60.2 Å². The number of rotatable bonds is 6. The van der Waals surface area contributed by atoms with E-state index in [9.17, 15) is 9.59 Å². The molecule has 0 aliphatic carbocycles. The Morgan fingerprint density at radius 2 is 1.63 bits per heavy atom. The average Bonchev–Trinajstić information content (AvgIpc) is 2.73. The highest BCUT2D eigenvalue weighted by molar-refractivity contribution is 5.94. The largest absolute Gasteiger partial charge is 0.493 e. The Hall–Kier alpha value is -3.02. The van der Waals surface area contributed by atoms with Crippen LogP contribution < -0.4 is 14.8 Å². The molecule has 27 heavy (non-hydrogen) atoms. The summed E-state index contributed by atoms with van der Waals surface area (Å²) in [5.74, 6) is 1.03. The van der Waals surface area contributed by atoms with Gasteiger partial charge in [-0.3, -0.25) is 9.59 Å². The lowest BCUT2D eigenvalue weighted by Gasteiger charge is -2.32. The summed E-state index contributed by atoms with van der Waals surface area (Å²) in [6.07, 6.45) is 1.47. The first kappa shape index (κ1) is 18.8. The van der Waals surface area contributed by atoms with Crippen molar-refractivity contribution in [2.45, 2.75) is 18.9 Å². The first-order valence-electron chi connectivity index (χ1n) is 9.07. The molecule has 1 fully saturated rings. The van der Waals surface area contributed by atoms with Crippen molar-refractivity contribution in [3.63, 3.8) is 0 Å². The molecular formula is C21H24N2O4. The van der Waals surface area contributed by atoms with Gasteiger partial charge in [0.25, 0.3) is 11.8 Å². The van der Waals surface area contributed by atoms with Gasteiger partial charge in [0.05, 0.1) is 7.11 Å².